The zero-order valence-electron chi connectivity index (χ0n) is 21.9. The van der Waals surface area contributed by atoms with Crippen LogP contribution in [0.1, 0.15) is 36.3 Å². The van der Waals surface area contributed by atoms with Crippen molar-refractivity contribution in [3.8, 4) is 11.5 Å². The van der Waals surface area contributed by atoms with Crippen LogP contribution in [-0.4, -0.2) is 62.8 Å². The fourth-order valence-corrected chi connectivity index (χ4v) is 5.68. The standard InChI is InChI=1S/C31H34N2O5/c1-36-25-14-15-26-28(21-25)38-19-9-17-32(26)24-16-18-33(27(20-24)31(35)37-2)30(34)29(22-10-5-3-6-11-22)23-12-7-4-8-13-23/h3-8,10-15,21,24,27,29H,9,16-20H2,1-2H3/t24-,27+/m1/s1. The van der Waals surface area contributed by atoms with Gasteiger partial charge >= 0.3 is 5.97 Å². The number of likely N-dealkylation sites (tertiary alicyclic amines) is 1. The summed E-state index contributed by atoms with van der Waals surface area (Å²) >= 11 is 0. The van der Waals surface area contributed by atoms with Crippen LogP contribution < -0.4 is 14.4 Å². The number of hydrogen-bond donors (Lipinski definition) is 0. The predicted octanol–water partition coefficient (Wildman–Crippen LogP) is 4.65. The fraction of sp³-hybridized carbons (Fsp3) is 0.355. The van der Waals surface area contributed by atoms with Crippen molar-refractivity contribution in [3.63, 3.8) is 0 Å². The summed E-state index contributed by atoms with van der Waals surface area (Å²) < 4.78 is 16.6. The van der Waals surface area contributed by atoms with Gasteiger partial charge in [-0.2, -0.15) is 0 Å². The fourth-order valence-electron chi connectivity index (χ4n) is 5.68. The van der Waals surface area contributed by atoms with E-state index in [1.807, 2.05) is 78.9 Å². The Morgan fingerprint density at radius 3 is 2.24 bits per heavy atom. The van der Waals surface area contributed by atoms with Crippen LogP contribution in [0.2, 0.25) is 0 Å². The van der Waals surface area contributed by atoms with E-state index in [0.717, 1.165) is 47.7 Å². The molecule has 2 aliphatic rings. The van der Waals surface area contributed by atoms with Gasteiger partial charge in [-0.3, -0.25) is 4.79 Å². The van der Waals surface area contributed by atoms with Crippen molar-refractivity contribution in [1.29, 1.82) is 0 Å². The maximum Gasteiger partial charge on any atom is 0.328 e. The van der Waals surface area contributed by atoms with Crippen LogP contribution in [-0.2, 0) is 14.3 Å². The van der Waals surface area contributed by atoms with Gasteiger partial charge in [-0.15, -0.1) is 0 Å². The van der Waals surface area contributed by atoms with E-state index in [9.17, 15) is 9.59 Å². The lowest BCUT2D eigenvalue weighted by Gasteiger charge is -2.44. The number of amides is 1. The van der Waals surface area contributed by atoms with Crippen molar-refractivity contribution in [3.05, 3.63) is 90.0 Å². The normalized spacial score (nSPS) is 19.2. The second-order valence-electron chi connectivity index (χ2n) is 9.73. The van der Waals surface area contributed by atoms with E-state index in [2.05, 4.69) is 4.90 Å². The first-order valence-electron chi connectivity index (χ1n) is 13.2. The van der Waals surface area contributed by atoms with E-state index in [1.54, 1.807) is 12.0 Å². The van der Waals surface area contributed by atoms with Gasteiger partial charge in [-0.25, -0.2) is 4.79 Å². The minimum Gasteiger partial charge on any atom is -0.497 e. The zero-order valence-corrected chi connectivity index (χ0v) is 21.9. The Hall–Kier alpha value is -4.00. The van der Waals surface area contributed by atoms with Gasteiger partial charge in [-0.05, 0) is 42.5 Å². The molecule has 0 bridgehead atoms. The summed E-state index contributed by atoms with van der Waals surface area (Å²) in [6.07, 6.45) is 2.09. The number of fused-ring (bicyclic) bond motifs is 1. The van der Waals surface area contributed by atoms with E-state index in [-0.39, 0.29) is 17.9 Å². The van der Waals surface area contributed by atoms with E-state index in [4.69, 9.17) is 14.2 Å². The van der Waals surface area contributed by atoms with Crippen LogP contribution in [0.25, 0.3) is 0 Å². The Bertz CT molecular complexity index is 1210. The number of carbonyl (C=O) groups excluding carboxylic acids is 2. The van der Waals surface area contributed by atoms with Crippen LogP contribution in [0.3, 0.4) is 0 Å². The SMILES string of the molecule is COC(=O)[C@@H]1C[C@H](N2CCCOc3cc(OC)ccc32)CCN1C(=O)C(c1ccccc1)c1ccccc1. The second-order valence-corrected chi connectivity index (χ2v) is 9.73. The molecule has 5 rings (SSSR count). The average molecular weight is 515 g/mol. The molecule has 0 aromatic heterocycles. The third kappa shape index (κ3) is 5.19. The number of hydrogen-bond acceptors (Lipinski definition) is 6. The Morgan fingerprint density at radius 1 is 0.921 bits per heavy atom. The number of methoxy groups -OCH3 is 2. The number of nitrogens with zero attached hydrogens (tertiary/aromatic N) is 2. The molecular formula is C31H34N2O5. The number of esters is 1. The van der Waals surface area contributed by atoms with Crippen molar-refractivity contribution in [2.45, 2.75) is 37.3 Å². The summed E-state index contributed by atoms with van der Waals surface area (Å²) in [4.78, 5) is 31.4. The smallest absolute Gasteiger partial charge is 0.328 e. The molecule has 0 saturated carbocycles. The van der Waals surface area contributed by atoms with Gasteiger partial charge in [-0.1, -0.05) is 60.7 Å². The number of benzene rings is 3. The highest BCUT2D eigenvalue weighted by Crippen LogP contribution is 2.39. The molecule has 0 N–H and O–H groups in total. The zero-order chi connectivity index (χ0) is 26.5. The third-order valence-electron chi connectivity index (χ3n) is 7.56. The summed E-state index contributed by atoms with van der Waals surface area (Å²) in [5, 5.41) is 0. The first kappa shape index (κ1) is 25.6. The molecule has 3 aromatic carbocycles. The topological polar surface area (TPSA) is 68.3 Å². The number of carbonyl (C=O) groups is 2. The van der Waals surface area contributed by atoms with Crippen LogP contribution in [0, 0.1) is 0 Å². The minimum absolute atomic E-state index is 0.0592. The summed E-state index contributed by atoms with van der Waals surface area (Å²) in [6.45, 7) is 1.88. The molecule has 2 aliphatic heterocycles. The largest absolute Gasteiger partial charge is 0.497 e. The van der Waals surface area contributed by atoms with Crippen molar-refractivity contribution < 1.29 is 23.8 Å². The Labute approximate surface area is 223 Å². The Morgan fingerprint density at radius 2 is 1.61 bits per heavy atom. The van der Waals surface area contributed by atoms with Gasteiger partial charge in [0.1, 0.15) is 17.5 Å². The summed E-state index contributed by atoms with van der Waals surface area (Å²) in [5.74, 6) is 0.555. The van der Waals surface area contributed by atoms with Gasteiger partial charge in [0, 0.05) is 25.2 Å². The van der Waals surface area contributed by atoms with Gasteiger partial charge < -0.3 is 24.0 Å². The van der Waals surface area contributed by atoms with Crippen molar-refractivity contribution in [1.82, 2.24) is 4.90 Å². The molecule has 0 aliphatic carbocycles. The molecule has 0 unspecified atom stereocenters. The monoisotopic (exact) mass is 514 g/mol. The molecule has 2 atom stereocenters. The molecule has 1 amide bonds. The molecule has 7 nitrogen and oxygen atoms in total. The highest BCUT2D eigenvalue weighted by molar-refractivity contribution is 5.91. The van der Waals surface area contributed by atoms with Crippen molar-refractivity contribution in [2.24, 2.45) is 0 Å². The van der Waals surface area contributed by atoms with Crippen molar-refractivity contribution in [2.75, 3.05) is 38.8 Å². The number of anilines is 1. The second kappa shape index (κ2) is 11.6. The first-order chi connectivity index (χ1) is 18.6. The maximum absolute atomic E-state index is 14.2. The van der Waals surface area contributed by atoms with Crippen LogP contribution >= 0.6 is 0 Å². The van der Waals surface area contributed by atoms with Gasteiger partial charge in [0.05, 0.1) is 32.4 Å². The van der Waals surface area contributed by atoms with Crippen LogP contribution in [0.5, 0.6) is 11.5 Å². The molecular weight excluding hydrogens is 480 g/mol. The number of ether oxygens (including phenoxy) is 3. The Kier molecular flexibility index (Phi) is 7.82. The van der Waals surface area contributed by atoms with Gasteiger partial charge in [0.15, 0.2) is 0 Å². The lowest BCUT2D eigenvalue weighted by Crippen LogP contribution is -2.56. The molecule has 1 saturated heterocycles. The average Bonchev–Trinajstić information content (AvgIpc) is 3.19. The molecule has 38 heavy (non-hydrogen) atoms. The Balaban J connectivity index is 1.45. The third-order valence-corrected chi connectivity index (χ3v) is 7.56. The van der Waals surface area contributed by atoms with Crippen molar-refractivity contribution >= 4 is 17.6 Å². The number of piperidine rings is 1. The quantitative estimate of drug-likeness (QED) is 0.446. The molecule has 3 aromatic rings. The summed E-state index contributed by atoms with van der Waals surface area (Å²) in [6, 6.07) is 24.8. The molecule has 7 heteroatoms. The van der Waals surface area contributed by atoms with Gasteiger partial charge in [0.25, 0.3) is 0 Å². The van der Waals surface area contributed by atoms with E-state index >= 15 is 0 Å². The molecule has 0 spiro atoms. The lowest BCUT2D eigenvalue weighted by molar-refractivity contribution is -0.155. The highest BCUT2D eigenvalue weighted by atomic mass is 16.5. The van der Waals surface area contributed by atoms with Crippen LogP contribution in [0.4, 0.5) is 5.69 Å². The predicted molar refractivity (Wildman–Crippen MR) is 146 cm³/mol. The summed E-state index contributed by atoms with van der Waals surface area (Å²) in [7, 11) is 3.03. The minimum atomic E-state index is -0.674. The molecule has 198 valence electrons. The highest BCUT2D eigenvalue weighted by Gasteiger charge is 2.42. The number of rotatable bonds is 6. The lowest BCUT2D eigenvalue weighted by atomic mass is 9.87. The van der Waals surface area contributed by atoms with E-state index in [0.29, 0.717) is 19.6 Å². The molecule has 0 radical (unpaired) electrons. The molecule has 1 fully saturated rings. The van der Waals surface area contributed by atoms with Crippen LogP contribution in [0.15, 0.2) is 78.9 Å². The maximum atomic E-state index is 14.2. The van der Waals surface area contributed by atoms with E-state index in [1.165, 1.54) is 7.11 Å². The molecule has 2 heterocycles. The van der Waals surface area contributed by atoms with Gasteiger partial charge in [0.2, 0.25) is 5.91 Å². The van der Waals surface area contributed by atoms with E-state index < -0.39 is 12.0 Å². The first-order valence-corrected chi connectivity index (χ1v) is 13.2. The summed E-state index contributed by atoms with van der Waals surface area (Å²) in [5.41, 5.74) is 2.80.